The Labute approximate surface area is 184 Å². The van der Waals surface area contributed by atoms with Crippen LogP contribution in [0.5, 0.6) is 0 Å². The maximum Gasteiger partial charge on any atom is 0.435 e. The lowest BCUT2D eigenvalue weighted by Crippen LogP contribution is -2.69. The first kappa shape index (κ1) is 23.5. The van der Waals surface area contributed by atoms with Crippen LogP contribution in [0.15, 0.2) is 53.4 Å². The number of carbonyl (C=O) groups excluding carboxylic acids is 3. The van der Waals surface area contributed by atoms with Crippen LogP contribution in [-0.2, 0) is 19.6 Å². The number of rotatable bonds is 5. The maximum atomic E-state index is 14.0. The molecular formula is C18H14ClF3N4O5S. The summed E-state index contributed by atoms with van der Waals surface area (Å²) in [6.45, 7) is 1.21. The third kappa shape index (κ3) is 4.26. The number of alkyl halides is 3. The van der Waals surface area contributed by atoms with Gasteiger partial charge in [-0.05, 0) is 48.5 Å². The smallest absolute Gasteiger partial charge is 0.326 e. The zero-order chi connectivity index (χ0) is 23.9. The van der Waals surface area contributed by atoms with Gasteiger partial charge in [0.2, 0.25) is 15.9 Å². The molecule has 1 fully saturated rings. The standard InChI is InChI=1S/C18H14ClF3N4O5S/c1-10(27)23-12-4-8-14(9-5-12)32(30,31)25-17(18(20,21)22)15(28)26(16(29)24-17)13-6-2-11(19)3-7-13/h2-9,25H,1H3,(H,23,27)(H,24,29)/t17-/m1/s1. The molecule has 170 valence electrons. The Morgan fingerprint density at radius 3 is 2.12 bits per heavy atom. The molecule has 1 heterocycles. The molecule has 2 aromatic carbocycles. The van der Waals surface area contributed by atoms with Gasteiger partial charge < -0.3 is 10.6 Å². The minimum absolute atomic E-state index is 0.159. The number of halogens is 4. The minimum atomic E-state index is -5.54. The van der Waals surface area contributed by atoms with Crippen molar-refractivity contribution < 1.29 is 36.0 Å². The number of urea groups is 1. The number of benzene rings is 2. The van der Waals surface area contributed by atoms with E-state index in [9.17, 15) is 36.0 Å². The molecule has 0 spiro atoms. The molecule has 0 saturated carbocycles. The van der Waals surface area contributed by atoms with E-state index in [4.69, 9.17) is 11.6 Å². The van der Waals surface area contributed by atoms with E-state index in [0.717, 1.165) is 36.4 Å². The summed E-state index contributed by atoms with van der Waals surface area (Å²) in [5, 5.41) is 3.98. The first-order chi connectivity index (χ1) is 14.8. The van der Waals surface area contributed by atoms with Crippen LogP contribution in [0.2, 0.25) is 5.02 Å². The van der Waals surface area contributed by atoms with Gasteiger partial charge in [-0.25, -0.2) is 18.1 Å². The lowest BCUT2D eigenvalue weighted by Gasteiger charge is -2.29. The average molecular weight is 491 g/mol. The molecule has 0 aromatic heterocycles. The van der Waals surface area contributed by atoms with Crippen LogP contribution >= 0.6 is 11.6 Å². The van der Waals surface area contributed by atoms with Crippen molar-refractivity contribution in [2.24, 2.45) is 0 Å². The number of sulfonamides is 1. The molecule has 3 rings (SSSR count). The van der Waals surface area contributed by atoms with Gasteiger partial charge in [0.05, 0.1) is 10.6 Å². The van der Waals surface area contributed by atoms with E-state index in [1.165, 1.54) is 29.1 Å². The van der Waals surface area contributed by atoms with Crippen LogP contribution in [-0.4, -0.2) is 38.1 Å². The topological polar surface area (TPSA) is 125 Å². The number of nitrogens with one attached hydrogen (secondary N) is 3. The largest absolute Gasteiger partial charge is 0.435 e. The van der Waals surface area contributed by atoms with Gasteiger partial charge in [-0.2, -0.15) is 17.9 Å². The first-order valence-corrected chi connectivity index (χ1v) is 10.5. The molecule has 1 aliphatic rings. The van der Waals surface area contributed by atoms with Gasteiger partial charge in [0, 0.05) is 17.6 Å². The van der Waals surface area contributed by atoms with Gasteiger partial charge in [0.1, 0.15) is 0 Å². The molecule has 1 atom stereocenters. The molecule has 0 radical (unpaired) electrons. The molecule has 0 unspecified atom stereocenters. The van der Waals surface area contributed by atoms with Crippen molar-refractivity contribution in [1.29, 1.82) is 0 Å². The summed E-state index contributed by atoms with van der Waals surface area (Å²) in [5.41, 5.74) is -4.00. The summed E-state index contributed by atoms with van der Waals surface area (Å²) in [6.07, 6.45) is -5.54. The van der Waals surface area contributed by atoms with Gasteiger partial charge in [0.15, 0.2) is 0 Å². The maximum absolute atomic E-state index is 14.0. The second-order valence-electron chi connectivity index (χ2n) is 6.61. The van der Waals surface area contributed by atoms with Crippen molar-refractivity contribution in [1.82, 2.24) is 10.0 Å². The second kappa shape index (κ2) is 8.07. The highest BCUT2D eigenvalue weighted by molar-refractivity contribution is 7.89. The SMILES string of the molecule is CC(=O)Nc1ccc(S(=O)(=O)N[C@]2(C(F)(F)F)NC(=O)N(c3ccc(Cl)cc3)C2=O)cc1. The van der Waals surface area contributed by atoms with Crippen LogP contribution in [0.25, 0.3) is 0 Å². The van der Waals surface area contributed by atoms with Crippen molar-refractivity contribution in [3.05, 3.63) is 53.6 Å². The Morgan fingerprint density at radius 1 is 1.06 bits per heavy atom. The van der Waals surface area contributed by atoms with E-state index in [1.807, 2.05) is 0 Å². The van der Waals surface area contributed by atoms with E-state index in [0.29, 0.717) is 0 Å². The lowest BCUT2D eigenvalue weighted by molar-refractivity contribution is -0.194. The fourth-order valence-electron chi connectivity index (χ4n) is 2.85. The summed E-state index contributed by atoms with van der Waals surface area (Å²) in [4.78, 5) is 35.6. The Kier molecular flexibility index (Phi) is 5.93. The van der Waals surface area contributed by atoms with Crippen molar-refractivity contribution in [3.8, 4) is 0 Å². The molecule has 1 aliphatic heterocycles. The number of hydrogen-bond acceptors (Lipinski definition) is 5. The number of imide groups is 1. The third-order valence-corrected chi connectivity index (χ3v) is 6.02. The van der Waals surface area contributed by atoms with E-state index in [-0.39, 0.29) is 21.3 Å². The average Bonchev–Trinajstić information content (AvgIpc) is 2.93. The Hall–Kier alpha value is -3.16. The van der Waals surface area contributed by atoms with Crippen LogP contribution in [0.1, 0.15) is 6.92 Å². The summed E-state index contributed by atoms with van der Waals surface area (Å²) in [7, 11) is -4.97. The molecule has 0 aliphatic carbocycles. The van der Waals surface area contributed by atoms with Crippen molar-refractivity contribution in [2.45, 2.75) is 23.7 Å². The fraction of sp³-hybridized carbons (Fsp3) is 0.167. The predicted molar refractivity (Wildman–Crippen MR) is 107 cm³/mol. The molecule has 2 aromatic rings. The monoisotopic (exact) mass is 490 g/mol. The Morgan fingerprint density at radius 2 is 1.62 bits per heavy atom. The van der Waals surface area contributed by atoms with Gasteiger partial charge in [-0.15, -0.1) is 0 Å². The molecule has 4 amide bonds. The van der Waals surface area contributed by atoms with E-state index >= 15 is 0 Å². The number of anilines is 2. The summed E-state index contributed by atoms with van der Waals surface area (Å²) in [6, 6.07) is 7.39. The number of carbonyl (C=O) groups is 3. The fourth-order valence-corrected chi connectivity index (χ4v) is 4.25. The van der Waals surface area contributed by atoms with Gasteiger partial charge in [-0.3, -0.25) is 9.59 Å². The van der Waals surface area contributed by atoms with E-state index in [2.05, 4.69) is 5.32 Å². The van der Waals surface area contributed by atoms with Gasteiger partial charge in [-0.1, -0.05) is 11.6 Å². The van der Waals surface area contributed by atoms with Crippen LogP contribution < -0.4 is 20.3 Å². The van der Waals surface area contributed by atoms with E-state index < -0.39 is 44.6 Å². The van der Waals surface area contributed by atoms with Gasteiger partial charge >= 0.3 is 12.2 Å². The predicted octanol–water partition coefficient (Wildman–Crippen LogP) is 2.59. The highest BCUT2D eigenvalue weighted by Gasteiger charge is 2.69. The highest BCUT2D eigenvalue weighted by atomic mass is 35.5. The molecular weight excluding hydrogens is 477 g/mol. The normalized spacial score (nSPS) is 19.1. The molecule has 3 N–H and O–H groups in total. The van der Waals surface area contributed by atoms with Crippen molar-refractivity contribution in [3.63, 3.8) is 0 Å². The third-order valence-electron chi connectivity index (χ3n) is 4.30. The second-order valence-corrected chi connectivity index (χ2v) is 8.72. The summed E-state index contributed by atoms with van der Waals surface area (Å²) < 4.78 is 68.6. The molecule has 1 saturated heterocycles. The quantitative estimate of drug-likeness (QED) is 0.556. The number of hydrogen-bond donors (Lipinski definition) is 3. The zero-order valence-corrected chi connectivity index (χ0v) is 17.6. The van der Waals surface area contributed by atoms with Crippen molar-refractivity contribution in [2.75, 3.05) is 10.2 Å². The minimum Gasteiger partial charge on any atom is -0.326 e. The van der Waals surface area contributed by atoms with Crippen LogP contribution in [0, 0.1) is 0 Å². The summed E-state index contributed by atoms with van der Waals surface area (Å²) >= 11 is 5.71. The van der Waals surface area contributed by atoms with E-state index in [1.54, 1.807) is 0 Å². The zero-order valence-electron chi connectivity index (χ0n) is 16.0. The molecule has 0 bridgehead atoms. The number of amides is 4. The molecule has 9 nitrogen and oxygen atoms in total. The number of nitrogens with zero attached hydrogens (tertiary/aromatic N) is 1. The Balaban J connectivity index is 2.00. The Bertz CT molecular complexity index is 1190. The molecule has 32 heavy (non-hydrogen) atoms. The highest BCUT2D eigenvalue weighted by Crippen LogP contribution is 2.37. The lowest BCUT2D eigenvalue weighted by atomic mass is 10.1. The van der Waals surface area contributed by atoms with Crippen LogP contribution in [0.3, 0.4) is 0 Å². The van der Waals surface area contributed by atoms with Crippen LogP contribution in [0.4, 0.5) is 29.3 Å². The summed E-state index contributed by atoms with van der Waals surface area (Å²) in [5.74, 6) is -2.34. The first-order valence-electron chi connectivity index (χ1n) is 8.67. The van der Waals surface area contributed by atoms with Crippen molar-refractivity contribution >= 4 is 50.8 Å². The van der Waals surface area contributed by atoms with Gasteiger partial charge in [0.25, 0.3) is 11.6 Å². The molecule has 14 heteroatoms.